The summed E-state index contributed by atoms with van der Waals surface area (Å²) in [5.41, 5.74) is 1.81. The van der Waals surface area contributed by atoms with Crippen molar-refractivity contribution in [1.82, 2.24) is 0 Å². The van der Waals surface area contributed by atoms with E-state index >= 15 is 0 Å². The Bertz CT molecular complexity index is 784. The van der Waals surface area contributed by atoms with Crippen molar-refractivity contribution in [2.75, 3.05) is 0 Å². The SMILES string of the molecule is Cc1ccc(C(F)(F)Oc2ccc(C3CCC(CC=C(F)F)CC3)cc2)cc1. The van der Waals surface area contributed by atoms with E-state index in [0.717, 1.165) is 42.9 Å². The third kappa shape index (κ3) is 5.37. The molecule has 2 aromatic rings. The number of alkyl halides is 2. The van der Waals surface area contributed by atoms with Crippen LogP contribution in [0.25, 0.3) is 0 Å². The molecular weight excluding hydrogens is 368 g/mol. The molecule has 0 atom stereocenters. The van der Waals surface area contributed by atoms with Crippen LogP contribution in [-0.2, 0) is 6.11 Å². The van der Waals surface area contributed by atoms with E-state index in [1.807, 2.05) is 19.1 Å². The van der Waals surface area contributed by atoms with Crippen molar-refractivity contribution in [3.8, 4) is 5.75 Å². The number of rotatable bonds is 6. The monoisotopic (exact) mass is 392 g/mol. The molecule has 3 rings (SSSR count). The van der Waals surface area contributed by atoms with Crippen molar-refractivity contribution in [1.29, 1.82) is 0 Å². The molecule has 0 bridgehead atoms. The highest BCUT2D eigenvalue weighted by molar-refractivity contribution is 5.31. The molecule has 0 aromatic heterocycles. The molecule has 5 heteroatoms. The molecule has 1 saturated carbocycles. The zero-order chi connectivity index (χ0) is 20.1. The van der Waals surface area contributed by atoms with Crippen molar-refractivity contribution >= 4 is 0 Å². The van der Waals surface area contributed by atoms with Crippen LogP contribution in [0.5, 0.6) is 5.75 Å². The van der Waals surface area contributed by atoms with Gasteiger partial charge in [0, 0.05) is 0 Å². The molecule has 0 spiro atoms. The van der Waals surface area contributed by atoms with Gasteiger partial charge >= 0.3 is 6.11 Å². The maximum Gasteiger partial charge on any atom is 0.426 e. The second-order valence-corrected chi connectivity index (χ2v) is 7.50. The van der Waals surface area contributed by atoms with Gasteiger partial charge in [-0.25, -0.2) is 0 Å². The summed E-state index contributed by atoms with van der Waals surface area (Å²) in [6.45, 7) is 1.84. The molecule has 0 aliphatic heterocycles. The summed E-state index contributed by atoms with van der Waals surface area (Å²) < 4.78 is 58.0. The predicted molar refractivity (Wildman–Crippen MR) is 102 cm³/mol. The van der Waals surface area contributed by atoms with Gasteiger partial charge in [-0.3, -0.25) is 0 Å². The molecule has 150 valence electrons. The van der Waals surface area contributed by atoms with Gasteiger partial charge in [0.15, 0.2) is 0 Å². The molecule has 0 amide bonds. The van der Waals surface area contributed by atoms with Crippen LogP contribution >= 0.6 is 0 Å². The first-order valence-electron chi connectivity index (χ1n) is 9.58. The van der Waals surface area contributed by atoms with Crippen LogP contribution in [0, 0.1) is 12.8 Å². The maximum atomic E-state index is 14.3. The van der Waals surface area contributed by atoms with Crippen molar-refractivity contribution in [2.24, 2.45) is 5.92 Å². The Hall–Kier alpha value is -2.30. The quantitative estimate of drug-likeness (QED) is 0.461. The Labute approximate surface area is 163 Å². The van der Waals surface area contributed by atoms with Crippen LogP contribution in [0.3, 0.4) is 0 Å². The number of allylic oxidation sites excluding steroid dienone is 1. The molecule has 1 aliphatic carbocycles. The van der Waals surface area contributed by atoms with Gasteiger partial charge in [0.2, 0.25) is 0 Å². The first-order valence-corrected chi connectivity index (χ1v) is 9.58. The van der Waals surface area contributed by atoms with Gasteiger partial charge in [0.25, 0.3) is 6.08 Å². The molecular formula is C23H24F4O. The van der Waals surface area contributed by atoms with Gasteiger partial charge in [-0.1, -0.05) is 29.8 Å². The van der Waals surface area contributed by atoms with Gasteiger partial charge in [0.05, 0.1) is 5.56 Å². The topological polar surface area (TPSA) is 9.23 Å². The number of aryl methyl sites for hydroxylation is 1. The average molecular weight is 392 g/mol. The number of halogens is 4. The fraction of sp³-hybridized carbons (Fsp3) is 0.391. The van der Waals surface area contributed by atoms with Crippen molar-refractivity contribution in [2.45, 2.75) is 51.1 Å². The molecule has 2 aromatic carbocycles. The van der Waals surface area contributed by atoms with Crippen molar-refractivity contribution in [3.05, 3.63) is 77.4 Å². The molecule has 1 fully saturated rings. The minimum absolute atomic E-state index is 0.117. The minimum atomic E-state index is -3.40. The van der Waals surface area contributed by atoms with E-state index in [2.05, 4.69) is 0 Å². The Balaban J connectivity index is 1.58. The van der Waals surface area contributed by atoms with Crippen LogP contribution in [0.2, 0.25) is 0 Å². The third-order valence-electron chi connectivity index (χ3n) is 5.44. The first kappa shape index (κ1) is 20.4. The summed E-state index contributed by atoms with van der Waals surface area (Å²) in [6.07, 6.45) is 0.0720. The van der Waals surface area contributed by atoms with Crippen LogP contribution < -0.4 is 4.74 Å². The van der Waals surface area contributed by atoms with E-state index in [-0.39, 0.29) is 11.3 Å². The van der Waals surface area contributed by atoms with E-state index in [1.165, 1.54) is 12.1 Å². The molecule has 0 N–H and O–H groups in total. The Kier molecular flexibility index (Phi) is 6.42. The zero-order valence-corrected chi connectivity index (χ0v) is 15.8. The van der Waals surface area contributed by atoms with Gasteiger partial charge in [-0.15, -0.1) is 0 Å². The van der Waals surface area contributed by atoms with E-state index in [9.17, 15) is 17.6 Å². The molecule has 1 aliphatic rings. The van der Waals surface area contributed by atoms with Crippen LogP contribution in [0.4, 0.5) is 17.6 Å². The molecule has 1 nitrogen and oxygen atoms in total. The molecule has 0 saturated heterocycles. The van der Waals surface area contributed by atoms with Crippen LogP contribution in [0.15, 0.2) is 60.7 Å². The van der Waals surface area contributed by atoms with E-state index < -0.39 is 12.2 Å². The lowest BCUT2D eigenvalue weighted by Gasteiger charge is -2.28. The lowest BCUT2D eigenvalue weighted by atomic mass is 9.77. The van der Waals surface area contributed by atoms with Crippen molar-refractivity contribution in [3.63, 3.8) is 0 Å². The second-order valence-electron chi connectivity index (χ2n) is 7.50. The summed E-state index contributed by atoms with van der Waals surface area (Å²) in [6, 6.07) is 12.8. The fourth-order valence-corrected chi connectivity index (χ4v) is 3.75. The summed E-state index contributed by atoms with van der Waals surface area (Å²) in [5, 5.41) is 0. The standard InChI is InChI=1S/C23H24F4O/c1-16-2-11-20(12-3-16)23(26,27)28-21-13-9-19(10-14-21)18-7-4-17(5-8-18)6-15-22(24)25/h2-3,9-15,17-18H,4-8H2,1H3. The van der Waals surface area contributed by atoms with Crippen molar-refractivity contribution < 1.29 is 22.3 Å². The van der Waals surface area contributed by atoms with Gasteiger partial charge in [0.1, 0.15) is 5.75 Å². The second kappa shape index (κ2) is 8.80. The van der Waals surface area contributed by atoms with E-state index in [0.29, 0.717) is 18.3 Å². The van der Waals surface area contributed by atoms with Gasteiger partial charge in [-0.2, -0.15) is 17.6 Å². The fourth-order valence-electron chi connectivity index (χ4n) is 3.75. The molecule has 0 heterocycles. The highest BCUT2D eigenvalue weighted by Crippen LogP contribution is 2.38. The average Bonchev–Trinajstić information content (AvgIpc) is 2.67. The number of hydrogen-bond donors (Lipinski definition) is 0. The maximum absolute atomic E-state index is 14.3. The molecule has 28 heavy (non-hydrogen) atoms. The van der Waals surface area contributed by atoms with Gasteiger partial charge < -0.3 is 4.74 Å². The van der Waals surface area contributed by atoms with E-state index in [4.69, 9.17) is 4.74 Å². The summed E-state index contributed by atoms with van der Waals surface area (Å²) in [7, 11) is 0. The lowest BCUT2D eigenvalue weighted by Crippen LogP contribution is -2.21. The minimum Gasteiger partial charge on any atom is -0.429 e. The van der Waals surface area contributed by atoms with E-state index in [1.54, 1.807) is 24.3 Å². The highest BCUT2D eigenvalue weighted by Gasteiger charge is 2.34. The zero-order valence-electron chi connectivity index (χ0n) is 15.8. The third-order valence-corrected chi connectivity index (χ3v) is 5.44. The Morgan fingerprint density at radius 1 is 0.964 bits per heavy atom. The largest absolute Gasteiger partial charge is 0.429 e. The predicted octanol–water partition coefficient (Wildman–Crippen LogP) is 7.57. The normalized spacial score (nSPS) is 19.9. The Morgan fingerprint density at radius 3 is 2.14 bits per heavy atom. The summed E-state index contributed by atoms with van der Waals surface area (Å²) >= 11 is 0. The number of hydrogen-bond acceptors (Lipinski definition) is 1. The number of benzene rings is 2. The summed E-state index contributed by atoms with van der Waals surface area (Å²) in [5.74, 6) is 0.752. The first-order chi connectivity index (χ1) is 13.3. The smallest absolute Gasteiger partial charge is 0.426 e. The number of ether oxygens (including phenoxy) is 1. The molecule has 0 unspecified atom stereocenters. The summed E-state index contributed by atoms with van der Waals surface area (Å²) in [4.78, 5) is 0. The van der Waals surface area contributed by atoms with Gasteiger partial charge in [-0.05, 0) is 86.8 Å². The van der Waals surface area contributed by atoms with Crippen LogP contribution in [-0.4, -0.2) is 0 Å². The molecule has 0 radical (unpaired) electrons. The lowest BCUT2D eigenvalue weighted by molar-refractivity contribution is -0.185. The highest BCUT2D eigenvalue weighted by atomic mass is 19.3. The Morgan fingerprint density at radius 2 is 1.57 bits per heavy atom. The van der Waals surface area contributed by atoms with Crippen LogP contribution in [0.1, 0.15) is 54.7 Å².